The van der Waals surface area contributed by atoms with Gasteiger partial charge in [-0.1, -0.05) is 25.1 Å². The molecule has 8 heteroatoms. The number of hydrogen-bond donors (Lipinski definition) is 2. The van der Waals surface area contributed by atoms with Gasteiger partial charge < -0.3 is 15.6 Å². The highest BCUT2D eigenvalue weighted by Gasteiger charge is 2.18. The van der Waals surface area contributed by atoms with Crippen molar-refractivity contribution in [1.29, 1.82) is 0 Å². The summed E-state index contributed by atoms with van der Waals surface area (Å²) in [6.45, 7) is 3.98. The van der Waals surface area contributed by atoms with Crippen molar-refractivity contribution in [1.82, 2.24) is 15.5 Å². The Kier molecular flexibility index (Phi) is 6.12. The molecule has 0 bridgehead atoms. The molecule has 0 saturated carbocycles. The lowest BCUT2D eigenvalue weighted by atomic mass is 10.1. The van der Waals surface area contributed by atoms with Gasteiger partial charge in [0.05, 0.1) is 17.5 Å². The van der Waals surface area contributed by atoms with E-state index < -0.39 is 6.04 Å². The predicted molar refractivity (Wildman–Crippen MR) is 79.5 cm³/mol. The van der Waals surface area contributed by atoms with E-state index >= 15 is 0 Å². The van der Waals surface area contributed by atoms with Crippen LogP contribution in [0.1, 0.15) is 19.7 Å². The number of nitrogens with one attached hydrogen (secondary N) is 1. The quantitative estimate of drug-likeness (QED) is 0.877. The molecule has 2 aromatic rings. The third kappa shape index (κ3) is 4.03. The zero-order valence-electron chi connectivity index (χ0n) is 11.2. The molecule has 0 aliphatic carbocycles. The molecule has 2 aromatic heterocycles. The second-order valence-electron chi connectivity index (χ2n) is 4.48. The first-order chi connectivity index (χ1) is 9.08. The van der Waals surface area contributed by atoms with Gasteiger partial charge >= 0.3 is 0 Å². The molecule has 2 rings (SSSR count). The summed E-state index contributed by atoms with van der Waals surface area (Å²) >= 11 is 1.53. The average molecular weight is 317 g/mol. The Labute approximate surface area is 127 Å². The summed E-state index contributed by atoms with van der Waals surface area (Å²) in [5.74, 6) is 0.773. The van der Waals surface area contributed by atoms with E-state index in [1.54, 1.807) is 0 Å². The number of nitrogens with zero attached hydrogens (tertiary/aromatic N) is 2. The average Bonchev–Trinajstić information content (AvgIpc) is 3.04. The second-order valence-corrected chi connectivity index (χ2v) is 5.42. The monoisotopic (exact) mass is 316 g/mol. The molecular formula is C12H17ClN4O2S. The van der Waals surface area contributed by atoms with Crippen molar-refractivity contribution in [3.63, 3.8) is 0 Å². The molecule has 0 fully saturated rings. The first-order valence-electron chi connectivity index (χ1n) is 5.97. The van der Waals surface area contributed by atoms with E-state index in [0.717, 1.165) is 4.88 Å². The van der Waals surface area contributed by atoms with Gasteiger partial charge in [-0.15, -0.1) is 23.7 Å². The van der Waals surface area contributed by atoms with Crippen molar-refractivity contribution in [3.8, 4) is 10.7 Å². The lowest BCUT2D eigenvalue weighted by Crippen LogP contribution is -2.43. The summed E-state index contributed by atoms with van der Waals surface area (Å²) in [7, 11) is 0. The number of amides is 1. The molecule has 0 aliphatic heterocycles. The molecule has 1 amide bonds. The summed E-state index contributed by atoms with van der Waals surface area (Å²) in [5.41, 5.74) is 5.73. The number of carbonyl (C=O) groups is 1. The summed E-state index contributed by atoms with van der Waals surface area (Å²) in [6, 6.07) is 3.30. The molecule has 0 saturated heterocycles. The van der Waals surface area contributed by atoms with Crippen LogP contribution in [0.3, 0.4) is 0 Å². The number of rotatable bonds is 5. The van der Waals surface area contributed by atoms with Gasteiger partial charge in [0.25, 0.3) is 0 Å². The fraction of sp³-hybridized carbons (Fsp3) is 0.417. The Morgan fingerprint density at radius 1 is 1.55 bits per heavy atom. The molecule has 2 heterocycles. The van der Waals surface area contributed by atoms with Crippen molar-refractivity contribution < 1.29 is 9.32 Å². The first kappa shape index (κ1) is 16.6. The Morgan fingerprint density at radius 3 is 2.90 bits per heavy atom. The second kappa shape index (κ2) is 7.37. The highest BCUT2D eigenvalue weighted by molar-refractivity contribution is 7.13. The van der Waals surface area contributed by atoms with E-state index in [9.17, 15) is 4.79 Å². The number of carbonyl (C=O) groups excluding carboxylic acids is 1. The Bertz CT molecular complexity index is 541. The molecule has 6 nitrogen and oxygen atoms in total. The van der Waals surface area contributed by atoms with Crippen LogP contribution in [0, 0.1) is 5.92 Å². The number of aromatic nitrogens is 2. The topological polar surface area (TPSA) is 94.0 Å². The zero-order chi connectivity index (χ0) is 13.8. The lowest BCUT2D eigenvalue weighted by Gasteiger charge is -2.14. The molecule has 110 valence electrons. The molecule has 0 aliphatic rings. The van der Waals surface area contributed by atoms with Crippen LogP contribution in [0.25, 0.3) is 10.7 Å². The van der Waals surface area contributed by atoms with Crippen molar-refractivity contribution in [2.24, 2.45) is 11.7 Å². The third-order valence-electron chi connectivity index (χ3n) is 2.64. The number of halogens is 1. The van der Waals surface area contributed by atoms with E-state index in [1.165, 1.54) is 11.3 Å². The van der Waals surface area contributed by atoms with E-state index in [4.69, 9.17) is 10.3 Å². The minimum Gasteiger partial charge on any atom is -0.346 e. The maximum absolute atomic E-state index is 11.7. The van der Waals surface area contributed by atoms with Crippen LogP contribution in [0.2, 0.25) is 0 Å². The minimum atomic E-state index is -0.528. The summed E-state index contributed by atoms with van der Waals surface area (Å²) < 4.78 is 5.07. The summed E-state index contributed by atoms with van der Waals surface area (Å²) in [6.07, 6.45) is 0. The fourth-order valence-corrected chi connectivity index (χ4v) is 2.07. The van der Waals surface area contributed by atoms with Gasteiger partial charge in [0.2, 0.25) is 17.6 Å². The normalized spacial score (nSPS) is 12.0. The number of thiophene rings is 1. The van der Waals surface area contributed by atoms with Gasteiger partial charge in [-0.05, 0) is 17.4 Å². The molecule has 0 radical (unpaired) electrons. The highest BCUT2D eigenvalue weighted by Crippen LogP contribution is 2.21. The maximum Gasteiger partial charge on any atom is 0.246 e. The van der Waals surface area contributed by atoms with Crippen molar-refractivity contribution in [2.45, 2.75) is 26.4 Å². The van der Waals surface area contributed by atoms with Crippen molar-refractivity contribution in [3.05, 3.63) is 23.4 Å². The highest BCUT2D eigenvalue weighted by atomic mass is 35.5. The van der Waals surface area contributed by atoms with Crippen molar-refractivity contribution >= 4 is 29.7 Å². The van der Waals surface area contributed by atoms with Gasteiger partial charge in [-0.2, -0.15) is 4.98 Å². The van der Waals surface area contributed by atoms with Gasteiger partial charge in [0.1, 0.15) is 0 Å². The van der Waals surface area contributed by atoms with E-state index in [2.05, 4.69) is 15.5 Å². The van der Waals surface area contributed by atoms with Crippen LogP contribution in [0.4, 0.5) is 0 Å². The molecule has 3 N–H and O–H groups in total. The van der Waals surface area contributed by atoms with Gasteiger partial charge in [-0.3, -0.25) is 4.79 Å². The molecule has 20 heavy (non-hydrogen) atoms. The van der Waals surface area contributed by atoms with Crippen LogP contribution >= 0.6 is 23.7 Å². The third-order valence-corrected chi connectivity index (χ3v) is 3.51. The van der Waals surface area contributed by atoms with Crippen LogP contribution in [0.15, 0.2) is 22.0 Å². The Balaban J connectivity index is 0.00000200. The molecule has 0 unspecified atom stereocenters. The molecular weight excluding hydrogens is 300 g/mol. The van der Waals surface area contributed by atoms with E-state index in [-0.39, 0.29) is 30.8 Å². The SMILES string of the molecule is CC(C)[C@H](N)C(=O)NCc1nc(-c2cccs2)no1.Cl. The van der Waals surface area contributed by atoms with Crippen LogP contribution in [0.5, 0.6) is 0 Å². The molecule has 0 spiro atoms. The summed E-state index contributed by atoms with van der Waals surface area (Å²) in [4.78, 5) is 16.8. The van der Waals surface area contributed by atoms with Crippen LogP contribution in [-0.2, 0) is 11.3 Å². The largest absolute Gasteiger partial charge is 0.346 e. The Morgan fingerprint density at radius 2 is 2.30 bits per heavy atom. The smallest absolute Gasteiger partial charge is 0.246 e. The lowest BCUT2D eigenvalue weighted by molar-refractivity contribution is -0.123. The van der Waals surface area contributed by atoms with Crippen LogP contribution in [-0.4, -0.2) is 22.1 Å². The van der Waals surface area contributed by atoms with Gasteiger partial charge in [-0.25, -0.2) is 0 Å². The predicted octanol–water partition coefficient (Wildman–Crippen LogP) is 1.82. The number of hydrogen-bond acceptors (Lipinski definition) is 6. The minimum absolute atomic E-state index is 0. The maximum atomic E-state index is 11.7. The molecule has 0 aromatic carbocycles. The zero-order valence-corrected chi connectivity index (χ0v) is 12.8. The standard InChI is InChI=1S/C12H16N4O2S.ClH/c1-7(2)10(13)12(17)14-6-9-15-11(16-18-9)8-4-3-5-19-8;/h3-5,7,10H,6,13H2,1-2H3,(H,14,17);1H/t10-;/m0./s1. The number of nitrogens with two attached hydrogens (primary N) is 1. The summed E-state index contributed by atoms with van der Waals surface area (Å²) in [5, 5.41) is 8.48. The van der Waals surface area contributed by atoms with Crippen molar-refractivity contribution in [2.75, 3.05) is 0 Å². The van der Waals surface area contributed by atoms with Gasteiger partial charge in [0.15, 0.2) is 0 Å². The Hall–Kier alpha value is -1.44. The van der Waals surface area contributed by atoms with Gasteiger partial charge in [0, 0.05) is 0 Å². The fourth-order valence-electron chi connectivity index (χ4n) is 1.42. The first-order valence-corrected chi connectivity index (χ1v) is 6.85. The van der Waals surface area contributed by atoms with E-state index in [0.29, 0.717) is 11.7 Å². The van der Waals surface area contributed by atoms with E-state index in [1.807, 2.05) is 31.4 Å². The van der Waals surface area contributed by atoms with Crippen LogP contribution < -0.4 is 11.1 Å². The molecule has 1 atom stereocenters.